The predicted molar refractivity (Wildman–Crippen MR) is 84.3 cm³/mol. The summed E-state index contributed by atoms with van der Waals surface area (Å²) in [7, 11) is 0. The Hall–Kier alpha value is -2.00. The maximum absolute atomic E-state index is 12.2. The third kappa shape index (κ3) is 3.31. The molecule has 1 amide bonds. The van der Waals surface area contributed by atoms with Crippen molar-refractivity contribution in [2.24, 2.45) is 0 Å². The molecule has 0 aliphatic rings. The molecule has 2 aromatic rings. The van der Waals surface area contributed by atoms with E-state index in [2.05, 4.69) is 19.2 Å². The van der Waals surface area contributed by atoms with Gasteiger partial charge in [0.2, 0.25) is 0 Å². The van der Waals surface area contributed by atoms with Gasteiger partial charge in [-0.3, -0.25) is 4.79 Å². The third-order valence-electron chi connectivity index (χ3n) is 3.10. The van der Waals surface area contributed by atoms with E-state index in [0.29, 0.717) is 22.2 Å². The Morgan fingerprint density at radius 3 is 2.40 bits per heavy atom. The van der Waals surface area contributed by atoms with E-state index in [-0.39, 0.29) is 5.91 Å². The molecule has 0 radical (unpaired) electrons. The first kappa shape index (κ1) is 14.4. The summed E-state index contributed by atoms with van der Waals surface area (Å²) < 4.78 is 0. The summed E-state index contributed by atoms with van der Waals surface area (Å²) in [5.74, 6) is 0.200. The van der Waals surface area contributed by atoms with Gasteiger partial charge in [0.15, 0.2) is 0 Å². The smallest absolute Gasteiger partial charge is 0.257 e. The quantitative estimate of drug-likeness (QED) is 0.828. The fourth-order valence-electron chi connectivity index (χ4n) is 1.87. The van der Waals surface area contributed by atoms with Crippen LogP contribution in [0, 0.1) is 0 Å². The van der Waals surface area contributed by atoms with E-state index >= 15 is 0 Å². The number of hydrogen-bond donors (Lipinski definition) is 2. The first-order valence-electron chi connectivity index (χ1n) is 6.43. The van der Waals surface area contributed by atoms with Crippen LogP contribution in [-0.4, -0.2) is 5.91 Å². The van der Waals surface area contributed by atoms with Crippen molar-refractivity contribution < 1.29 is 4.79 Å². The minimum atomic E-state index is -0.262. The van der Waals surface area contributed by atoms with Gasteiger partial charge >= 0.3 is 0 Å². The van der Waals surface area contributed by atoms with Crippen molar-refractivity contribution in [1.82, 2.24) is 0 Å². The second-order valence-corrected chi connectivity index (χ2v) is 5.40. The van der Waals surface area contributed by atoms with E-state index in [4.69, 9.17) is 17.3 Å². The summed E-state index contributed by atoms with van der Waals surface area (Å²) in [5, 5.41) is 3.30. The van der Waals surface area contributed by atoms with E-state index < -0.39 is 0 Å². The molecule has 0 saturated carbocycles. The predicted octanol–water partition coefficient (Wildman–Crippen LogP) is 4.30. The molecule has 3 nitrogen and oxygen atoms in total. The Morgan fingerprint density at radius 1 is 1.15 bits per heavy atom. The van der Waals surface area contributed by atoms with Gasteiger partial charge in [-0.15, -0.1) is 0 Å². The lowest BCUT2D eigenvalue weighted by atomic mass is 10.0. The van der Waals surface area contributed by atoms with Crippen LogP contribution in [0.1, 0.15) is 35.7 Å². The minimum Gasteiger partial charge on any atom is -0.398 e. The second-order valence-electron chi connectivity index (χ2n) is 4.96. The van der Waals surface area contributed by atoms with Crippen molar-refractivity contribution in [3.8, 4) is 0 Å². The molecule has 0 aromatic heterocycles. The van der Waals surface area contributed by atoms with Gasteiger partial charge in [0.05, 0.1) is 5.56 Å². The summed E-state index contributed by atoms with van der Waals surface area (Å²) >= 11 is 5.88. The number of anilines is 2. The topological polar surface area (TPSA) is 55.1 Å². The van der Waals surface area contributed by atoms with E-state index in [1.165, 1.54) is 5.56 Å². The number of hydrogen-bond acceptors (Lipinski definition) is 2. The van der Waals surface area contributed by atoms with Crippen molar-refractivity contribution in [2.45, 2.75) is 19.8 Å². The van der Waals surface area contributed by atoms with Crippen molar-refractivity contribution in [3.05, 3.63) is 58.6 Å². The average Bonchev–Trinajstić information content (AvgIpc) is 2.42. The summed E-state index contributed by atoms with van der Waals surface area (Å²) in [6, 6.07) is 12.6. The van der Waals surface area contributed by atoms with Crippen LogP contribution in [-0.2, 0) is 0 Å². The van der Waals surface area contributed by atoms with Crippen LogP contribution in [0.3, 0.4) is 0 Å². The Labute approximate surface area is 123 Å². The Morgan fingerprint density at radius 2 is 1.80 bits per heavy atom. The highest BCUT2D eigenvalue weighted by molar-refractivity contribution is 6.31. The Balaban J connectivity index is 2.17. The molecule has 0 unspecified atom stereocenters. The fraction of sp³-hybridized carbons (Fsp3) is 0.188. The molecular weight excluding hydrogens is 272 g/mol. The number of rotatable bonds is 3. The molecule has 0 fully saturated rings. The molecule has 4 heteroatoms. The van der Waals surface area contributed by atoms with Gasteiger partial charge in [0.25, 0.3) is 5.91 Å². The zero-order valence-corrected chi connectivity index (χ0v) is 12.2. The molecule has 0 bridgehead atoms. The van der Waals surface area contributed by atoms with E-state index in [1.807, 2.05) is 24.3 Å². The van der Waals surface area contributed by atoms with Crippen molar-refractivity contribution in [2.75, 3.05) is 11.1 Å². The van der Waals surface area contributed by atoms with Gasteiger partial charge in [0.1, 0.15) is 0 Å². The number of carbonyl (C=O) groups is 1. The molecule has 3 N–H and O–H groups in total. The first-order valence-corrected chi connectivity index (χ1v) is 6.81. The minimum absolute atomic E-state index is 0.262. The third-order valence-corrected chi connectivity index (χ3v) is 3.33. The molecule has 20 heavy (non-hydrogen) atoms. The molecular formula is C16H17ClN2O. The highest BCUT2D eigenvalue weighted by Crippen LogP contribution is 2.21. The van der Waals surface area contributed by atoms with Gasteiger partial charge < -0.3 is 11.1 Å². The van der Waals surface area contributed by atoms with Gasteiger partial charge in [-0.1, -0.05) is 37.6 Å². The summed E-state index contributed by atoms with van der Waals surface area (Å²) in [6.07, 6.45) is 0. The van der Waals surface area contributed by atoms with Gasteiger partial charge in [-0.25, -0.2) is 0 Å². The van der Waals surface area contributed by atoms with Gasteiger partial charge in [-0.05, 0) is 41.8 Å². The highest BCUT2D eigenvalue weighted by atomic mass is 35.5. The SMILES string of the molecule is CC(C)c1ccc(NC(=O)c2cc(Cl)ccc2N)cc1. The van der Waals surface area contributed by atoms with Crippen LogP contribution in [0.2, 0.25) is 5.02 Å². The lowest BCUT2D eigenvalue weighted by molar-refractivity contribution is 0.102. The summed E-state index contributed by atoms with van der Waals surface area (Å²) in [5.41, 5.74) is 8.54. The van der Waals surface area contributed by atoms with Crippen molar-refractivity contribution in [1.29, 1.82) is 0 Å². The Bertz CT molecular complexity index is 621. The zero-order valence-electron chi connectivity index (χ0n) is 11.5. The van der Waals surface area contributed by atoms with E-state index in [0.717, 1.165) is 5.69 Å². The Kier molecular flexibility index (Phi) is 4.30. The molecule has 104 valence electrons. The molecule has 0 aliphatic carbocycles. The number of benzene rings is 2. The van der Waals surface area contributed by atoms with Crippen LogP contribution >= 0.6 is 11.6 Å². The zero-order chi connectivity index (χ0) is 14.7. The number of nitrogens with one attached hydrogen (secondary N) is 1. The molecule has 2 rings (SSSR count). The molecule has 0 spiro atoms. The summed E-state index contributed by atoms with van der Waals surface area (Å²) in [6.45, 7) is 4.25. The van der Waals surface area contributed by atoms with Crippen molar-refractivity contribution >= 4 is 28.9 Å². The second kappa shape index (κ2) is 5.97. The monoisotopic (exact) mass is 288 g/mol. The van der Waals surface area contributed by atoms with Crippen molar-refractivity contribution in [3.63, 3.8) is 0 Å². The maximum Gasteiger partial charge on any atom is 0.257 e. The molecule has 0 atom stereocenters. The molecule has 0 aliphatic heterocycles. The molecule has 0 heterocycles. The molecule has 0 saturated heterocycles. The number of carbonyl (C=O) groups excluding carboxylic acids is 1. The lowest BCUT2D eigenvalue weighted by Crippen LogP contribution is -2.14. The normalized spacial score (nSPS) is 10.6. The summed E-state index contributed by atoms with van der Waals surface area (Å²) in [4.78, 5) is 12.2. The highest BCUT2D eigenvalue weighted by Gasteiger charge is 2.10. The van der Waals surface area contributed by atoms with Crippen LogP contribution in [0.25, 0.3) is 0 Å². The number of halogens is 1. The first-order chi connectivity index (χ1) is 9.47. The number of amides is 1. The van der Waals surface area contributed by atoms with E-state index in [9.17, 15) is 4.79 Å². The largest absolute Gasteiger partial charge is 0.398 e. The van der Waals surface area contributed by atoms with Crippen LogP contribution in [0.5, 0.6) is 0 Å². The van der Waals surface area contributed by atoms with Gasteiger partial charge in [-0.2, -0.15) is 0 Å². The fourth-order valence-corrected chi connectivity index (χ4v) is 2.05. The van der Waals surface area contributed by atoms with Crippen LogP contribution in [0.15, 0.2) is 42.5 Å². The lowest BCUT2D eigenvalue weighted by Gasteiger charge is -2.10. The average molecular weight is 289 g/mol. The standard InChI is InChI=1S/C16H17ClN2O/c1-10(2)11-3-6-13(7-4-11)19-16(20)14-9-12(17)5-8-15(14)18/h3-10H,18H2,1-2H3,(H,19,20). The maximum atomic E-state index is 12.2. The van der Waals surface area contributed by atoms with Gasteiger partial charge in [0, 0.05) is 16.4 Å². The van der Waals surface area contributed by atoms with Crippen LogP contribution in [0.4, 0.5) is 11.4 Å². The van der Waals surface area contributed by atoms with Crippen LogP contribution < -0.4 is 11.1 Å². The number of nitrogens with two attached hydrogens (primary N) is 1. The number of nitrogen functional groups attached to an aromatic ring is 1. The van der Waals surface area contributed by atoms with E-state index in [1.54, 1.807) is 18.2 Å². The molecule has 2 aromatic carbocycles.